The molecule has 0 saturated carbocycles. The van der Waals surface area contributed by atoms with Gasteiger partial charge >= 0.3 is 0 Å². The van der Waals surface area contributed by atoms with Crippen LogP contribution in [0.5, 0.6) is 0 Å². The fraction of sp³-hybridized carbons (Fsp3) is 0.714. The molecule has 2 heterocycles. The van der Waals surface area contributed by atoms with Gasteiger partial charge in [-0.2, -0.15) is 0 Å². The minimum Gasteiger partial charge on any atom is -0.338 e. The van der Waals surface area contributed by atoms with Crippen molar-refractivity contribution < 1.29 is 4.79 Å². The quantitative estimate of drug-likeness (QED) is 0.805. The molecule has 0 aliphatic carbocycles. The van der Waals surface area contributed by atoms with E-state index < -0.39 is 0 Å². The van der Waals surface area contributed by atoms with Crippen LogP contribution >= 0.6 is 0 Å². The number of rotatable bonds is 2. The number of fused-ring (bicyclic) bond motifs is 1. The van der Waals surface area contributed by atoms with E-state index in [1.54, 1.807) is 0 Å². The minimum absolute atomic E-state index is 0.0937. The molecule has 0 radical (unpaired) electrons. The van der Waals surface area contributed by atoms with E-state index in [1.165, 1.54) is 5.69 Å². The van der Waals surface area contributed by atoms with E-state index >= 15 is 0 Å². The summed E-state index contributed by atoms with van der Waals surface area (Å²) in [5.74, 6) is 0.408. The first kappa shape index (κ1) is 13.1. The second-order valence-electron chi connectivity index (χ2n) is 6.02. The molecule has 1 atom stereocenters. The van der Waals surface area contributed by atoms with E-state index in [0.29, 0.717) is 0 Å². The van der Waals surface area contributed by atoms with Crippen LogP contribution in [0.3, 0.4) is 0 Å². The maximum Gasteiger partial charge on any atom is 0.226 e. The Morgan fingerprint density at radius 3 is 2.89 bits per heavy atom. The molecule has 1 aromatic rings. The summed E-state index contributed by atoms with van der Waals surface area (Å²) in [4.78, 5) is 18.7. The summed E-state index contributed by atoms with van der Waals surface area (Å²) in [6.45, 7) is 10.0. The highest BCUT2D eigenvalue weighted by molar-refractivity contribution is 5.80. The van der Waals surface area contributed by atoms with E-state index in [4.69, 9.17) is 0 Å². The number of amides is 1. The summed E-state index contributed by atoms with van der Waals surface area (Å²) in [6, 6.07) is 0. The number of imidazole rings is 1. The van der Waals surface area contributed by atoms with Gasteiger partial charge in [0.25, 0.3) is 0 Å². The van der Waals surface area contributed by atoms with Gasteiger partial charge in [0.2, 0.25) is 5.91 Å². The standard InChI is InChI=1S/C14H23N3O/c1-5-17(14(2,3)4)13(18)11-6-7-16-10-15-9-12(16)8-11/h9-11H,5-8H2,1-4H3. The molecule has 2 rings (SSSR count). The van der Waals surface area contributed by atoms with Crippen LogP contribution in [-0.2, 0) is 17.8 Å². The number of nitrogens with zero attached hydrogens (tertiary/aromatic N) is 3. The van der Waals surface area contributed by atoms with E-state index in [-0.39, 0.29) is 17.4 Å². The Morgan fingerprint density at radius 1 is 1.56 bits per heavy atom. The number of carbonyl (C=O) groups is 1. The van der Waals surface area contributed by atoms with Crippen molar-refractivity contribution >= 4 is 5.91 Å². The molecule has 1 aliphatic heterocycles. The maximum absolute atomic E-state index is 12.6. The van der Waals surface area contributed by atoms with Crippen molar-refractivity contribution in [2.75, 3.05) is 6.54 Å². The van der Waals surface area contributed by atoms with Gasteiger partial charge in [-0.1, -0.05) is 0 Å². The van der Waals surface area contributed by atoms with E-state index in [0.717, 1.165) is 25.9 Å². The molecule has 4 heteroatoms. The zero-order chi connectivity index (χ0) is 13.3. The minimum atomic E-state index is -0.0937. The average Bonchev–Trinajstić information content (AvgIpc) is 2.74. The van der Waals surface area contributed by atoms with Gasteiger partial charge in [0.05, 0.1) is 6.33 Å². The van der Waals surface area contributed by atoms with Crippen molar-refractivity contribution in [2.24, 2.45) is 5.92 Å². The molecule has 1 amide bonds. The molecule has 0 fully saturated rings. The first-order chi connectivity index (χ1) is 8.43. The molecule has 1 unspecified atom stereocenters. The summed E-state index contributed by atoms with van der Waals surface area (Å²) in [5.41, 5.74) is 1.09. The normalized spacial score (nSPS) is 19.4. The van der Waals surface area contributed by atoms with E-state index in [1.807, 2.05) is 17.4 Å². The molecule has 1 aliphatic rings. The molecule has 100 valence electrons. The van der Waals surface area contributed by atoms with Crippen molar-refractivity contribution in [3.05, 3.63) is 18.2 Å². The monoisotopic (exact) mass is 249 g/mol. The molecule has 4 nitrogen and oxygen atoms in total. The number of carbonyl (C=O) groups excluding carboxylic acids is 1. The Bertz CT molecular complexity index is 430. The third-order valence-corrected chi connectivity index (χ3v) is 3.71. The van der Waals surface area contributed by atoms with E-state index in [2.05, 4.69) is 37.2 Å². The van der Waals surface area contributed by atoms with E-state index in [9.17, 15) is 4.79 Å². The number of aromatic nitrogens is 2. The summed E-state index contributed by atoms with van der Waals surface area (Å²) >= 11 is 0. The first-order valence-corrected chi connectivity index (χ1v) is 6.74. The molecule has 0 spiro atoms. The van der Waals surface area contributed by atoms with Gasteiger partial charge in [0.1, 0.15) is 0 Å². The Labute approximate surface area is 109 Å². The van der Waals surface area contributed by atoms with Crippen molar-refractivity contribution in [1.29, 1.82) is 0 Å². The van der Waals surface area contributed by atoms with Crippen LogP contribution in [0.15, 0.2) is 12.5 Å². The van der Waals surface area contributed by atoms with Gasteiger partial charge in [0.15, 0.2) is 0 Å². The van der Waals surface area contributed by atoms with Crippen molar-refractivity contribution in [2.45, 2.75) is 52.6 Å². The molecule has 0 aromatic carbocycles. The first-order valence-electron chi connectivity index (χ1n) is 6.74. The topological polar surface area (TPSA) is 38.1 Å². The van der Waals surface area contributed by atoms with Crippen LogP contribution < -0.4 is 0 Å². The highest BCUT2D eigenvalue weighted by Crippen LogP contribution is 2.25. The van der Waals surface area contributed by atoms with Gasteiger partial charge in [-0.15, -0.1) is 0 Å². The molecule has 0 saturated heterocycles. The van der Waals surface area contributed by atoms with Crippen LogP contribution in [0, 0.1) is 5.92 Å². The Balaban J connectivity index is 2.11. The lowest BCUT2D eigenvalue weighted by Crippen LogP contribution is -2.49. The zero-order valence-corrected chi connectivity index (χ0v) is 11.8. The molecule has 18 heavy (non-hydrogen) atoms. The summed E-state index contributed by atoms with van der Waals surface area (Å²) in [5, 5.41) is 0. The van der Waals surface area contributed by atoms with Crippen LogP contribution in [0.4, 0.5) is 0 Å². The largest absolute Gasteiger partial charge is 0.338 e. The van der Waals surface area contributed by atoms with Crippen molar-refractivity contribution in [1.82, 2.24) is 14.5 Å². The maximum atomic E-state index is 12.6. The predicted octanol–water partition coefficient (Wildman–Crippen LogP) is 2.09. The SMILES string of the molecule is CCN(C(=O)C1CCn2cncc2C1)C(C)(C)C. The van der Waals surface area contributed by atoms with Gasteiger partial charge in [0, 0.05) is 42.9 Å². The third kappa shape index (κ3) is 2.42. The van der Waals surface area contributed by atoms with Gasteiger partial charge in [-0.3, -0.25) is 4.79 Å². The summed E-state index contributed by atoms with van der Waals surface area (Å²) in [6.07, 6.45) is 5.49. The smallest absolute Gasteiger partial charge is 0.226 e. The zero-order valence-electron chi connectivity index (χ0n) is 11.8. The van der Waals surface area contributed by atoms with Crippen LogP contribution in [0.25, 0.3) is 0 Å². The lowest BCUT2D eigenvalue weighted by molar-refractivity contribution is -0.140. The Hall–Kier alpha value is -1.32. The van der Waals surface area contributed by atoms with Gasteiger partial charge < -0.3 is 9.47 Å². The highest BCUT2D eigenvalue weighted by Gasteiger charge is 2.32. The Morgan fingerprint density at radius 2 is 2.28 bits per heavy atom. The van der Waals surface area contributed by atoms with Gasteiger partial charge in [-0.05, 0) is 34.1 Å². The van der Waals surface area contributed by atoms with Crippen molar-refractivity contribution in [3.63, 3.8) is 0 Å². The van der Waals surface area contributed by atoms with Gasteiger partial charge in [-0.25, -0.2) is 4.98 Å². The second-order valence-corrected chi connectivity index (χ2v) is 6.02. The predicted molar refractivity (Wildman–Crippen MR) is 71.2 cm³/mol. The lowest BCUT2D eigenvalue weighted by atomic mass is 9.92. The molecule has 0 N–H and O–H groups in total. The molecule has 0 bridgehead atoms. The number of aryl methyl sites for hydroxylation is 1. The lowest BCUT2D eigenvalue weighted by Gasteiger charge is -2.38. The number of hydrogen-bond donors (Lipinski definition) is 0. The third-order valence-electron chi connectivity index (χ3n) is 3.71. The second kappa shape index (κ2) is 4.75. The molecular weight excluding hydrogens is 226 g/mol. The fourth-order valence-corrected chi connectivity index (χ4v) is 2.76. The molecular formula is C14H23N3O. The van der Waals surface area contributed by atoms with Crippen LogP contribution in [0.2, 0.25) is 0 Å². The Kier molecular flexibility index (Phi) is 3.46. The molecule has 1 aromatic heterocycles. The van der Waals surface area contributed by atoms with Crippen LogP contribution in [-0.4, -0.2) is 32.4 Å². The van der Waals surface area contributed by atoms with Crippen molar-refractivity contribution in [3.8, 4) is 0 Å². The highest BCUT2D eigenvalue weighted by atomic mass is 16.2. The summed E-state index contributed by atoms with van der Waals surface area (Å²) in [7, 11) is 0. The number of hydrogen-bond acceptors (Lipinski definition) is 2. The fourth-order valence-electron chi connectivity index (χ4n) is 2.76. The summed E-state index contributed by atoms with van der Waals surface area (Å²) < 4.78 is 2.15. The van der Waals surface area contributed by atoms with Crippen LogP contribution in [0.1, 0.15) is 39.8 Å². The average molecular weight is 249 g/mol.